The van der Waals surface area contributed by atoms with E-state index in [2.05, 4.69) is 21.9 Å². The van der Waals surface area contributed by atoms with Crippen molar-refractivity contribution < 1.29 is 13.9 Å². The molecule has 160 valence electrons. The fourth-order valence-corrected chi connectivity index (χ4v) is 3.90. The van der Waals surface area contributed by atoms with E-state index in [1.54, 1.807) is 18.6 Å². The minimum atomic E-state index is -0.396. The van der Waals surface area contributed by atoms with E-state index in [-0.39, 0.29) is 17.9 Å². The predicted octanol–water partition coefficient (Wildman–Crippen LogP) is 4.31. The Morgan fingerprint density at radius 2 is 2.03 bits per heavy atom. The largest absolute Gasteiger partial charge is 0.477 e. The minimum Gasteiger partial charge on any atom is -0.477 e. The first kappa shape index (κ1) is 20.9. The van der Waals surface area contributed by atoms with Gasteiger partial charge in [0, 0.05) is 48.1 Å². The molecule has 1 amide bonds. The zero-order valence-electron chi connectivity index (χ0n) is 17.7. The van der Waals surface area contributed by atoms with Gasteiger partial charge in [-0.25, -0.2) is 9.37 Å². The van der Waals surface area contributed by atoms with Crippen LogP contribution in [0.4, 0.5) is 4.39 Å². The molecular weight excluding hydrogens is 395 g/mol. The van der Waals surface area contributed by atoms with Gasteiger partial charge in [0.1, 0.15) is 5.82 Å². The molecule has 0 radical (unpaired) electrons. The van der Waals surface area contributed by atoms with Gasteiger partial charge < -0.3 is 9.64 Å². The summed E-state index contributed by atoms with van der Waals surface area (Å²) in [6.45, 7) is 5.08. The van der Waals surface area contributed by atoms with Crippen molar-refractivity contribution in [3.05, 3.63) is 72.1 Å². The third-order valence-corrected chi connectivity index (χ3v) is 5.65. The molecule has 6 nitrogen and oxygen atoms in total. The molecule has 2 atom stereocenters. The molecule has 7 heteroatoms. The number of pyridine rings is 1. The van der Waals surface area contributed by atoms with Gasteiger partial charge >= 0.3 is 0 Å². The maximum Gasteiger partial charge on any atom is 0.254 e. The van der Waals surface area contributed by atoms with Gasteiger partial charge in [-0.15, -0.1) is 0 Å². The van der Waals surface area contributed by atoms with E-state index in [1.807, 2.05) is 30.0 Å². The number of carbonyl (C=O) groups is 1. The van der Waals surface area contributed by atoms with Gasteiger partial charge in [0.25, 0.3) is 5.91 Å². The minimum absolute atomic E-state index is 0.0125. The van der Waals surface area contributed by atoms with Gasteiger partial charge in [0.05, 0.1) is 24.7 Å². The van der Waals surface area contributed by atoms with Crippen LogP contribution in [0.5, 0.6) is 5.88 Å². The Bertz CT molecular complexity index is 1040. The van der Waals surface area contributed by atoms with Gasteiger partial charge in [0.15, 0.2) is 0 Å². The number of likely N-dealkylation sites (tertiary alicyclic amines) is 1. The highest BCUT2D eigenvalue weighted by Crippen LogP contribution is 2.29. The number of hydrogen-bond acceptors (Lipinski definition) is 5. The molecule has 3 heterocycles. The number of nitrogens with zero attached hydrogens (tertiary/aromatic N) is 4. The second-order valence-corrected chi connectivity index (χ2v) is 8.02. The molecule has 0 aliphatic carbocycles. The Hall–Kier alpha value is -3.35. The smallest absolute Gasteiger partial charge is 0.254 e. The average Bonchev–Trinajstić information content (AvgIpc) is 2.79. The molecule has 1 aliphatic heterocycles. The Morgan fingerprint density at radius 3 is 2.77 bits per heavy atom. The summed E-state index contributed by atoms with van der Waals surface area (Å²) in [6.07, 6.45) is 7.91. The van der Waals surface area contributed by atoms with Crippen LogP contribution in [-0.4, -0.2) is 45.0 Å². The van der Waals surface area contributed by atoms with Crippen molar-refractivity contribution in [2.75, 3.05) is 13.2 Å². The molecule has 1 fully saturated rings. The summed E-state index contributed by atoms with van der Waals surface area (Å²) in [4.78, 5) is 28.0. The molecule has 1 saturated heterocycles. The molecule has 1 aliphatic rings. The lowest BCUT2D eigenvalue weighted by Gasteiger charge is -2.38. The summed E-state index contributed by atoms with van der Waals surface area (Å²) >= 11 is 0. The predicted molar refractivity (Wildman–Crippen MR) is 115 cm³/mol. The summed E-state index contributed by atoms with van der Waals surface area (Å²) in [6, 6.07) is 8.80. The van der Waals surface area contributed by atoms with E-state index < -0.39 is 5.82 Å². The number of aromatic nitrogens is 3. The highest BCUT2D eigenvalue weighted by molar-refractivity contribution is 6.00. The first-order valence-electron chi connectivity index (χ1n) is 10.4. The average molecular weight is 420 g/mol. The third kappa shape index (κ3) is 4.87. The molecule has 2 aromatic heterocycles. The van der Waals surface area contributed by atoms with Crippen molar-refractivity contribution in [2.45, 2.75) is 32.7 Å². The summed E-state index contributed by atoms with van der Waals surface area (Å²) < 4.78 is 18.8. The van der Waals surface area contributed by atoms with E-state index in [9.17, 15) is 9.18 Å². The Labute approximate surface area is 181 Å². The summed E-state index contributed by atoms with van der Waals surface area (Å²) in [7, 11) is 0. The van der Waals surface area contributed by atoms with Crippen molar-refractivity contribution in [1.29, 1.82) is 0 Å². The summed E-state index contributed by atoms with van der Waals surface area (Å²) in [5.41, 5.74) is 3.11. The van der Waals surface area contributed by atoms with Gasteiger partial charge in [-0.3, -0.25) is 14.8 Å². The number of ether oxygens (including phenoxy) is 1. The Morgan fingerprint density at radius 1 is 1.16 bits per heavy atom. The Kier molecular flexibility index (Phi) is 6.21. The van der Waals surface area contributed by atoms with Crippen LogP contribution in [0.2, 0.25) is 0 Å². The molecular formula is C24H25FN4O2. The number of piperidine rings is 1. The zero-order valence-corrected chi connectivity index (χ0v) is 17.7. The number of aryl methyl sites for hydroxylation is 1. The fraction of sp³-hybridized carbons (Fsp3) is 0.333. The molecule has 0 saturated carbocycles. The van der Waals surface area contributed by atoms with Crippen molar-refractivity contribution >= 4 is 5.91 Å². The highest BCUT2D eigenvalue weighted by Gasteiger charge is 2.31. The molecule has 0 spiro atoms. The van der Waals surface area contributed by atoms with Crippen molar-refractivity contribution in [1.82, 2.24) is 19.9 Å². The number of rotatable bonds is 5. The van der Waals surface area contributed by atoms with Gasteiger partial charge in [-0.2, -0.15) is 0 Å². The number of amides is 1. The number of hydrogen-bond donors (Lipinski definition) is 0. The van der Waals surface area contributed by atoms with E-state index in [0.717, 1.165) is 30.2 Å². The highest BCUT2D eigenvalue weighted by atomic mass is 19.1. The van der Waals surface area contributed by atoms with Crippen LogP contribution in [0.1, 0.15) is 35.7 Å². The lowest BCUT2D eigenvalue weighted by Crippen LogP contribution is -2.47. The van der Waals surface area contributed by atoms with Gasteiger partial charge in [0.2, 0.25) is 5.88 Å². The van der Waals surface area contributed by atoms with E-state index in [1.165, 1.54) is 12.1 Å². The number of carbonyl (C=O) groups excluding carboxylic acids is 1. The molecule has 31 heavy (non-hydrogen) atoms. The molecule has 3 aromatic rings. The first-order chi connectivity index (χ1) is 15.0. The molecule has 1 aromatic carbocycles. The summed E-state index contributed by atoms with van der Waals surface area (Å²) in [5, 5.41) is 0. The van der Waals surface area contributed by atoms with E-state index in [4.69, 9.17) is 4.74 Å². The quantitative estimate of drug-likeness (QED) is 0.615. The monoisotopic (exact) mass is 420 g/mol. The van der Waals surface area contributed by atoms with Crippen LogP contribution in [0.15, 0.2) is 55.1 Å². The molecule has 0 unspecified atom stereocenters. The maximum absolute atomic E-state index is 13.6. The Balaban J connectivity index is 1.52. The zero-order chi connectivity index (χ0) is 21.8. The first-order valence-corrected chi connectivity index (χ1v) is 10.4. The lowest BCUT2D eigenvalue weighted by molar-refractivity contribution is 0.0503. The second-order valence-electron chi connectivity index (χ2n) is 8.02. The van der Waals surface area contributed by atoms with Crippen LogP contribution in [0, 0.1) is 18.7 Å². The third-order valence-electron chi connectivity index (χ3n) is 5.65. The van der Waals surface area contributed by atoms with Crippen molar-refractivity contribution in [3.63, 3.8) is 0 Å². The van der Waals surface area contributed by atoms with Crippen LogP contribution >= 0.6 is 0 Å². The second kappa shape index (κ2) is 9.20. The standard InChI is InChI=1S/C24H25FN4O2/c1-16-3-7-20(22-13-26-9-10-27-22)21(11-16)24(30)29-14-18(5-4-17(29)2)15-31-23-8-6-19(25)12-28-23/h3,6-13,17-18H,4-5,14-15H2,1-2H3/t17-,18+/m0/s1. The van der Waals surface area contributed by atoms with Crippen LogP contribution in [0.25, 0.3) is 11.3 Å². The van der Waals surface area contributed by atoms with E-state index >= 15 is 0 Å². The summed E-state index contributed by atoms with van der Waals surface area (Å²) in [5.74, 6) is 0.160. The normalized spacial score (nSPS) is 18.6. The van der Waals surface area contributed by atoms with Crippen LogP contribution in [0.3, 0.4) is 0 Å². The molecule has 0 bridgehead atoms. The van der Waals surface area contributed by atoms with Crippen molar-refractivity contribution in [3.8, 4) is 17.1 Å². The van der Waals surface area contributed by atoms with Crippen LogP contribution < -0.4 is 4.74 Å². The molecule has 0 N–H and O–H groups in total. The number of benzene rings is 1. The maximum atomic E-state index is 13.6. The molecule has 4 rings (SSSR count). The lowest BCUT2D eigenvalue weighted by atomic mass is 9.92. The van der Waals surface area contributed by atoms with Crippen molar-refractivity contribution in [2.24, 2.45) is 5.92 Å². The fourth-order valence-electron chi connectivity index (χ4n) is 3.90. The van der Waals surface area contributed by atoms with Gasteiger partial charge in [-0.1, -0.05) is 17.7 Å². The van der Waals surface area contributed by atoms with Crippen LogP contribution in [-0.2, 0) is 0 Å². The SMILES string of the molecule is Cc1ccc(-c2cnccn2)c(C(=O)N2C[C@H](COc3ccc(F)cn3)CC[C@@H]2C)c1. The topological polar surface area (TPSA) is 68.2 Å². The number of halogens is 1. The van der Waals surface area contributed by atoms with E-state index in [0.29, 0.717) is 30.3 Å². The van der Waals surface area contributed by atoms with Gasteiger partial charge in [-0.05, 0) is 38.8 Å².